The summed E-state index contributed by atoms with van der Waals surface area (Å²) < 4.78 is 4.70. The van der Waals surface area contributed by atoms with Crippen molar-refractivity contribution in [1.82, 2.24) is 0 Å². The molecule has 1 amide bonds. The van der Waals surface area contributed by atoms with Crippen LogP contribution in [0.2, 0.25) is 0 Å². The molecular formula is C17H17NO5. The fraction of sp³-hybridized carbons (Fsp3) is 0.353. The van der Waals surface area contributed by atoms with Crippen LogP contribution in [-0.2, 0) is 14.3 Å². The van der Waals surface area contributed by atoms with E-state index >= 15 is 0 Å². The van der Waals surface area contributed by atoms with Gasteiger partial charge in [-0.2, -0.15) is 0 Å². The summed E-state index contributed by atoms with van der Waals surface area (Å²) in [5.74, 6) is -3.36. The standard InChI is InChI=1S/C17H17NO5/c1-23-17(22)11-4-2-3-5-12(11)18-15(19)13-9-6-7-10(8-9)14(13)16(20)21/h2-7,9-10,13-14H,8H2,1H3,(H,18,19)(H,20,21)/t9-,10-,13+,14+/m0/s1. The van der Waals surface area contributed by atoms with Crippen LogP contribution >= 0.6 is 0 Å². The van der Waals surface area contributed by atoms with Gasteiger partial charge in [0, 0.05) is 0 Å². The molecule has 1 aromatic carbocycles. The van der Waals surface area contributed by atoms with E-state index in [-0.39, 0.29) is 23.3 Å². The van der Waals surface area contributed by atoms with Gasteiger partial charge in [-0.05, 0) is 30.4 Å². The molecule has 120 valence electrons. The number of aliphatic carboxylic acids is 1. The molecule has 0 radical (unpaired) electrons. The van der Waals surface area contributed by atoms with Gasteiger partial charge in [-0.3, -0.25) is 9.59 Å². The maximum atomic E-state index is 12.6. The van der Waals surface area contributed by atoms with Gasteiger partial charge >= 0.3 is 11.9 Å². The van der Waals surface area contributed by atoms with Gasteiger partial charge < -0.3 is 15.2 Å². The minimum atomic E-state index is -0.955. The summed E-state index contributed by atoms with van der Waals surface area (Å²) in [7, 11) is 1.27. The number of esters is 1. The fourth-order valence-corrected chi connectivity index (χ4v) is 3.61. The minimum absolute atomic E-state index is 0.0635. The van der Waals surface area contributed by atoms with Crippen LogP contribution in [0.4, 0.5) is 5.69 Å². The number of rotatable bonds is 4. The lowest BCUT2D eigenvalue weighted by Crippen LogP contribution is -2.36. The molecule has 23 heavy (non-hydrogen) atoms. The third-order valence-electron chi connectivity index (χ3n) is 4.64. The van der Waals surface area contributed by atoms with Gasteiger partial charge in [0.15, 0.2) is 0 Å². The number of para-hydroxylation sites is 1. The number of carbonyl (C=O) groups excluding carboxylic acids is 2. The van der Waals surface area contributed by atoms with Crippen LogP contribution < -0.4 is 5.32 Å². The number of amides is 1. The van der Waals surface area contributed by atoms with Crippen LogP contribution in [0.5, 0.6) is 0 Å². The Bertz CT molecular complexity index is 696. The number of carbonyl (C=O) groups is 3. The average molecular weight is 315 g/mol. The summed E-state index contributed by atoms with van der Waals surface area (Å²) in [6, 6.07) is 6.51. The molecule has 0 heterocycles. The van der Waals surface area contributed by atoms with Crippen molar-refractivity contribution in [3.05, 3.63) is 42.0 Å². The number of fused-ring (bicyclic) bond motifs is 2. The molecule has 4 atom stereocenters. The Morgan fingerprint density at radius 2 is 1.78 bits per heavy atom. The minimum Gasteiger partial charge on any atom is -0.481 e. The van der Waals surface area contributed by atoms with Crippen molar-refractivity contribution in [1.29, 1.82) is 0 Å². The molecule has 0 unspecified atom stereocenters. The zero-order valence-corrected chi connectivity index (χ0v) is 12.6. The Labute approximate surface area is 133 Å². The topological polar surface area (TPSA) is 92.7 Å². The van der Waals surface area contributed by atoms with E-state index in [0.29, 0.717) is 12.1 Å². The van der Waals surface area contributed by atoms with Gasteiger partial charge in [0.25, 0.3) is 0 Å². The number of allylic oxidation sites excluding steroid dienone is 2. The van der Waals surface area contributed by atoms with Crippen LogP contribution in [0.25, 0.3) is 0 Å². The normalized spacial score (nSPS) is 27.7. The highest BCUT2D eigenvalue weighted by atomic mass is 16.5. The number of anilines is 1. The van der Waals surface area contributed by atoms with Crippen molar-refractivity contribution in [2.24, 2.45) is 23.7 Å². The van der Waals surface area contributed by atoms with Crippen LogP contribution in [0.1, 0.15) is 16.8 Å². The molecule has 0 saturated heterocycles. The number of benzene rings is 1. The number of carboxylic acid groups (broad SMARTS) is 1. The first kappa shape index (κ1) is 15.3. The Morgan fingerprint density at radius 1 is 1.13 bits per heavy atom. The molecule has 0 aromatic heterocycles. The maximum absolute atomic E-state index is 12.6. The zero-order chi connectivity index (χ0) is 16.6. The first-order valence-electron chi connectivity index (χ1n) is 7.42. The van der Waals surface area contributed by atoms with E-state index in [9.17, 15) is 19.5 Å². The molecule has 0 aliphatic heterocycles. The highest BCUT2D eigenvalue weighted by Gasteiger charge is 2.51. The molecule has 2 aliphatic carbocycles. The maximum Gasteiger partial charge on any atom is 0.339 e. The average Bonchev–Trinajstić information content (AvgIpc) is 3.15. The van der Waals surface area contributed by atoms with E-state index in [1.54, 1.807) is 24.3 Å². The van der Waals surface area contributed by atoms with Crippen LogP contribution in [0, 0.1) is 23.7 Å². The summed E-state index contributed by atoms with van der Waals surface area (Å²) in [6.07, 6.45) is 4.49. The van der Waals surface area contributed by atoms with Crippen molar-refractivity contribution in [3.8, 4) is 0 Å². The predicted octanol–water partition coefficient (Wildman–Crippen LogP) is 1.93. The molecule has 2 bridgehead atoms. The number of ether oxygens (including phenoxy) is 1. The molecule has 0 spiro atoms. The van der Waals surface area contributed by atoms with Gasteiger partial charge in [0.05, 0.1) is 30.2 Å². The summed E-state index contributed by atoms with van der Waals surface area (Å²) in [5.41, 5.74) is 0.578. The Hall–Kier alpha value is -2.63. The van der Waals surface area contributed by atoms with Crippen molar-refractivity contribution < 1.29 is 24.2 Å². The molecule has 6 nitrogen and oxygen atoms in total. The highest BCUT2D eigenvalue weighted by Crippen LogP contribution is 2.48. The van der Waals surface area contributed by atoms with Crippen molar-refractivity contribution >= 4 is 23.5 Å². The second-order valence-electron chi connectivity index (χ2n) is 5.86. The number of methoxy groups -OCH3 is 1. The van der Waals surface area contributed by atoms with Gasteiger partial charge in [-0.25, -0.2) is 4.79 Å². The molecule has 1 fully saturated rings. The van der Waals surface area contributed by atoms with Gasteiger partial charge in [0.1, 0.15) is 0 Å². The predicted molar refractivity (Wildman–Crippen MR) is 81.8 cm³/mol. The second kappa shape index (κ2) is 5.87. The number of hydrogen-bond donors (Lipinski definition) is 2. The van der Waals surface area contributed by atoms with Gasteiger partial charge in [0.2, 0.25) is 5.91 Å². The van der Waals surface area contributed by atoms with E-state index in [0.717, 1.165) is 0 Å². The van der Waals surface area contributed by atoms with Crippen molar-refractivity contribution in [2.75, 3.05) is 12.4 Å². The first-order chi connectivity index (χ1) is 11.0. The highest BCUT2D eigenvalue weighted by molar-refractivity contribution is 6.03. The summed E-state index contributed by atoms with van der Waals surface area (Å²) in [6.45, 7) is 0. The Morgan fingerprint density at radius 3 is 2.43 bits per heavy atom. The lowest BCUT2D eigenvalue weighted by Gasteiger charge is -2.24. The lowest BCUT2D eigenvalue weighted by atomic mass is 9.82. The largest absolute Gasteiger partial charge is 0.481 e. The molecule has 1 saturated carbocycles. The first-order valence-corrected chi connectivity index (χ1v) is 7.42. The zero-order valence-electron chi connectivity index (χ0n) is 12.6. The molecule has 2 aliphatic rings. The van der Waals surface area contributed by atoms with Gasteiger partial charge in [-0.15, -0.1) is 0 Å². The van der Waals surface area contributed by atoms with Crippen molar-refractivity contribution in [3.63, 3.8) is 0 Å². The van der Waals surface area contributed by atoms with E-state index < -0.39 is 23.8 Å². The fourth-order valence-electron chi connectivity index (χ4n) is 3.61. The summed E-state index contributed by atoms with van der Waals surface area (Å²) in [5, 5.41) is 12.1. The molecule has 6 heteroatoms. The number of hydrogen-bond acceptors (Lipinski definition) is 4. The van der Waals surface area contributed by atoms with E-state index in [1.165, 1.54) is 7.11 Å². The van der Waals surface area contributed by atoms with E-state index in [2.05, 4.69) is 5.32 Å². The van der Waals surface area contributed by atoms with E-state index in [1.807, 2.05) is 12.2 Å². The monoisotopic (exact) mass is 315 g/mol. The molecule has 1 aromatic rings. The summed E-state index contributed by atoms with van der Waals surface area (Å²) >= 11 is 0. The molecule has 3 rings (SSSR count). The van der Waals surface area contributed by atoms with Crippen molar-refractivity contribution in [2.45, 2.75) is 6.42 Å². The Balaban J connectivity index is 1.84. The number of carboxylic acids is 1. The smallest absolute Gasteiger partial charge is 0.339 e. The Kier molecular flexibility index (Phi) is 3.90. The quantitative estimate of drug-likeness (QED) is 0.654. The molecule has 2 N–H and O–H groups in total. The van der Waals surface area contributed by atoms with E-state index in [4.69, 9.17) is 4.74 Å². The van der Waals surface area contributed by atoms with Crippen LogP contribution in [0.3, 0.4) is 0 Å². The van der Waals surface area contributed by atoms with Crippen LogP contribution in [-0.4, -0.2) is 30.1 Å². The number of nitrogens with one attached hydrogen (secondary N) is 1. The SMILES string of the molecule is COC(=O)c1ccccc1NC(=O)[C@H]1[C@H](C(=O)O)[C@H]2C=C[C@H]1C2. The van der Waals surface area contributed by atoms with Gasteiger partial charge in [-0.1, -0.05) is 24.3 Å². The third-order valence-corrected chi connectivity index (χ3v) is 4.64. The third kappa shape index (κ3) is 2.60. The molecular weight excluding hydrogens is 298 g/mol. The lowest BCUT2D eigenvalue weighted by molar-refractivity contribution is -0.146. The second-order valence-corrected chi connectivity index (χ2v) is 5.86. The summed E-state index contributed by atoms with van der Waals surface area (Å²) in [4.78, 5) is 35.9. The van der Waals surface area contributed by atoms with Crippen LogP contribution in [0.15, 0.2) is 36.4 Å².